The lowest BCUT2D eigenvalue weighted by Crippen LogP contribution is -2.17. The average Bonchev–Trinajstić information content (AvgIpc) is 2.71. The lowest BCUT2D eigenvalue weighted by molar-refractivity contribution is 0.0292. The minimum Gasteiger partial charge on any atom is -0.478 e. The fourth-order valence-electron chi connectivity index (χ4n) is 3.51. The van der Waals surface area contributed by atoms with Crippen molar-refractivity contribution in [3.05, 3.63) is 106 Å². The van der Waals surface area contributed by atoms with Gasteiger partial charge in [-0.15, -0.1) is 0 Å². The van der Waals surface area contributed by atoms with E-state index in [0.717, 1.165) is 24.0 Å². The number of esters is 1. The first-order valence-corrected chi connectivity index (χ1v) is 9.30. The van der Waals surface area contributed by atoms with Gasteiger partial charge in [-0.25, -0.2) is 9.59 Å². The number of carboxylic acid groups (broad SMARTS) is 1. The number of aryl methyl sites for hydroxylation is 2. The van der Waals surface area contributed by atoms with Gasteiger partial charge in [0.05, 0.1) is 11.1 Å². The van der Waals surface area contributed by atoms with Crippen molar-refractivity contribution < 1.29 is 19.4 Å². The fourth-order valence-corrected chi connectivity index (χ4v) is 3.51. The molecule has 4 nitrogen and oxygen atoms in total. The van der Waals surface area contributed by atoms with Crippen LogP contribution in [0.4, 0.5) is 0 Å². The topological polar surface area (TPSA) is 63.6 Å². The first-order chi connectivity index (χ1) is 13.6. The molecule has 28 heavy (non-hydrogen) atoms. The summed E-state index contributed by atoms with van der Waals surface area (Å²) in [4.78, 5) is 24.2. The number of ether oxygens (including phenoxy) is 1. The molecule has 0 fully saturated rings. The van der Waals surface area contributed by atoms with E-state index < -0.39 is 18.0 Å². The van der Waals surface area contributed by atoms with Crippen LogP contribution in [0, 0.1) is 0 Å². The summed E-state index contributed by atoms with van der Waals surface area (Å²) in [5.74, 6) is -1.78. The molecule has 0 heterocycles. The second kappa shape index (κ2) is 7.69. The van der Waals surface area contributed by atoms with Gasteiger partial charge in [0, 0.05) is 6.42 Å². The molecule has 4 bridgehead atoms. The molecule has 0 amide bonds. The van der Waals surface area contributed by atoms with E-state index in [1.807, 2.05) is 12.1 Å². The van der Waals surface area contributed by atoms with Crippen molar-refractivity contribution in [2.75, 3.05) is 0 Å². The van der Waals surface area contributed by atoms with Gasteiger partial charge in [-0.3, -0.25) is 0 Å². The Kier molecular flexibility index (Phi) is 4.94. The minimum atomic E-state index is -1.15. The largest absolute Gasteiger partial charge is 0.478 e. The van der Waals surface area contributed by atoms with Crippen LogP contribution in [0.25, 0.3) is 0 Å². The Labute approximate surface area is 163 Å². The second-order valence-corrected chi connectivity index (χ2v) is 7.01. The molecule has 4 heteroatoms. The van der Waals surface area contributed by atoms with E-state index in [1.54, 1.807) is 12.1 Å². The van der Waals surface area contributed by atoms with Crippen molar-refractivity contribution >= 4 is 11.9 Å². The van der Waals surface area contributed by atoms with Crippen LogP contribution >= 0.6 is 0 Å². The normalized spacial score (nSPS) is 15.5. The van der Waals surface area contributed by atoms with E-state index >= 15 is 0 Å². The summed E-state index contributed by atoms with van der Waals surface area (Å²) in [5, 5.41) is 9.36. The van der Waals surface area contributed by atoms with Gasteiger partial charge in [0.25, 0.3) is 0 Å². The number of hydrogen-bond acceptors (Lipinski definition) is 3. The van der Waals surface area contributed by atoms with Gasteiger partial charge < -0.3 is 9.84 Å². The number of carboxylic acids is 1. The smallest absolute Gasteiger partial charge is 0.339 e. The van der Waals surface area contributed by atoms with E-state index in [1.165, 1.54) is 23.3 Å². The highest BCUT2D eigenvalue weighted by Gasteiger charge is 2.23. The SMILES string of the molecule is O=C(O)c1ccccc1C(=O)OC1Cc2ccc(cc2)CCc2ccc1cc2. The van der Waals surface area contributed by atoms with Crippen LogP contribution in [-0.2, 0) is 24.0 Å². The zero-order valence-electron chi connectivity index (χ0n) is 15.3. The molecule has 7 rings (SSSR count). The molecular weight excluding hydrogens is 352 g/mol. The second-order valence-electron chi connectivity index (χ2n) is 7.01. The van der Waals surface area contributed by atoms with Gasteiger partial charge in [-0.1, -0.05) is 60.7 Å². The van der Waals surface area contributed by atoms with Gasteiger partial charge in [0.1, 0.15) is 6.10 Å². The fraction of sp³-hybridized carbons (Fsp3) is 0.167. The molecular formula is C24H20O4. The zero-order valence-corrected chi connectivity index (χ0v) is 15.3. The van der Waals surface area contributed by atoms with Crippen molar-refractivity contribution in [3.8, 4) is 0 Å². The van der Waals surface area contributed by atoms with Crippen molar-refractivity contribution in [2.24, 2.45) is 0 Å². The van der Waals surface area contributed by atoms with Crippen LogP contribution in [0.1, 0.15) is 49.1 Å². The van der Waals surface area contributed by atoms with Crippen LogP contribution in [0.5, 0.6) is 0 Å². The first-order valence-electron chi connectivity index (χ1n) is 9.30. The van der Waals surface area contributed by atoms with Gasteiger partial charge in [-0.2, -0.15) is 0 Å². The molecule has 0 radical (unpaired) electrons. The first kappa shape index (κ1) is 18.0. The predicted octanol–water partition coefficient (Wildman–Crippen LogP) is 4.62. The minimum absolute atomic E-state index is 0.0552. The molecule has 3 aromatic carbocycles. The maximum absolute atomic E-state index is 12.8. The molecule has 1 unspecified atom stereocenters. The molecule has 1 atom stereocenters. The summed E-state index contributed by atoms with van der Waals surface area (Å²) in [6.45, 7) is 0. The van der Waals surface area contributed by atoms with Gasteiger partial charge >= 0.3 is 11.9 Å². The number of rotatable bonds is 3. The lowest BCUT2D eigenvalue weighted by Gasteiger charge is -2.20. The van der Waals surface area contributed by atoms with Crippen LogP contribution in [0.15, 0.2) is 72.8 Å². The lowest BCUT2D eigenvalue weighted by atomic mass is 9.95. The van der Waals surface area contributed by atoms with Crippen molar-refractivity contribution in [2.45, 2.75) is 25.4 Å². The average molecular weight is 372 g/mol. The third kappa shape index (κ3) is 3.81. The molecule has 4 aliphatic rings. The molecule has 0 spiro atoms. The summed E-state index contributed by atoms with van der Waals surface area (Å²) in [6.07, 6.45) is 1.98. The van der Waals surface area contributed by atoms with Crippen molar-refractivity contribution in [1.82, 2.24) is 0 Å². The van der Waals surface area contributed by atoms with E-state index in [-0.39, 0.29) is 11.1 Å². The summed E-state index contributed by atoms with van der Waals surface area (Å²) >= 11 is 0. The Hall–Kier alpha value is -3.40. The van der Waals surface area contributed by atoms with Gasteiger partial charge in [0.15, 0.2) is 0 Å². The number of aromatic carboxylic acids is 1. The predicted molar refractivity (Wildman–Crippen MR) is 106 cm³/mol. The Morgan fingerprint density at radius 3 is 1.89 bits per heavy atom. The van der Waals surface area contributed by atoms with E-state index in [4.69, 9.17) is 4.74 Å². The standard InChI is InChI=1S/C24H20O4/c25-23(26)20-3-1-2-4-21(20)24(27)28-22-15-18-9-7-16(8-10-18)5-6-17-11-13-19(22)14-12-17/h1-4,7-14,22H,5-6,15H2,(H,25,26). The summed E-state index contributed by atoms with van der Waals surface area (Å²) < 4.78 is 5.80. The van der Waals surface area contributed by atoms with Crippen LogP contribution in [-0.4, -0.2) is 17.0 Å². The Bertz CT molecular complexity index is 1000. The van der Waals surface area contributed by atoms with Crippen LogP contribution in [0.2, 0.25) is 0 Å². The number of carbonyl (C=O) groups is 2. The maximum Gasteiger partial charge on any atom is 0.339 e. The van der Waals surface area contributed by atoms with Crippen LogP contribution in [0.3, 0.4) is 0 Å². The Morgan fingerprint density at radius 1 is 0.750 bits per heavy atom. The molecule has 3 aromatic rings. The molecule has 0 saturated heterocycles. The summed E-state index contributed by atoms with van der Waals surface area (Å²) in [7, 11) is 0. The summed E-state index contributed by atoms with van der Waals surface area (Å²) in [5.41, 5.74) is 4.48. The monoisotopic (exact) mass is 372 g/mol. The zero-order chi connectivity index (χ0) is 19.5. The molecule has 140 valence electrons. The number of carbonyl (C=O) groups excluding carboxylic acids is 1. The molecule has 0 aromatic heterocycles. The molecule has 4 aliphatic carbocycles. The molecule has 0 aliphatic heterocycles. The highest BCUT2D eigenvalue weighted by Crippen LogP contribution is 2.26. The molecule has 1 N–H and O–H groups in total. The Morgan fingerprint density at radius 2 is 1.29 bits per heavy atom. The summed E-state index contributed by atoms with van der Waals surface area (Å²) in [6, 6.07) is 22.6. The third-order valence-electron chi connectivity index (χ3n) is 5.12. The molecule has 0 saturated carbocycles. The Balaban J connectivity index is 1.67. The van der Waals surface area contributed by atoms with E-state index in [0.29, 0.717) is 6.42 Å². The maximum atomic E-state index is 12.8. The van der Waals surface area contributed by atoms with Crippen molar-refractivity contribution in [1.29, 1.82) is 0 Å². The third-order valence-corrected chi connectivity index (χ3v) is 5.12. The number of hydrogen-bond donors (Lipinski definition) is 1. The number of benzene rings is 3. The van der Waals surface area contributed by atoms with Crippen LogP contribution < -0.4 is 0 Å². The quantitative estimate of drug-likeness (QED) is 0.681. The van der Waals surface area contributed by atoms with E-state index in [2.05, 4.69) is 36.4 Å². The highest BCUT2D eigenvalue weighted by molar-refractivity contribution is 6.02. The van der Waals surface area contributed by atoms with Gasteiger partial charge in [0.2, 0.25) is 0 Å². The highest BCUT2D eigenvalue weighted by atomic mass is 16.5. The van der Waals surface area contributed by atoms with Crippen molar-refractivity contribution in [3.63, 3.8) is 0 Å². The van der Waals surface area contributed by atoms with Gasteiger partial charge in [-0.05, 0) is 47.2 Å². The van der Waals surface area contributed by atoms with E-state index in [9.17, 15) is 14.7 Å².